The third-order valence-electron chi connectivity index (χ3n) is 0.694. The number of rotatable bonds is 3. The predicted octanol–water partition coefficient (Wildman–Crippen LogP) is -11.1. The second kappa shape index (κ2) is 30.7. The summed E-state index contributed by atoms with van der Waals surface area (Å²) in [6.07, 6.45) is 0. The summed E-state index contributed by atoms with van der Waals surface area (Å²) in [5.41, 5.74) is 0. The van der Waals surface area contributed by atoms with Crippen LogP contribution in [0.2, 0.25) is 0 Å². The molecule has 0 heterocycles. The number of hydrogen-bond acceptors (Lipinski definition) is 6. The van der Waals surface area contributed by atoms with E-state index in [0.29, 0.717) is 0 Å². The molecule has 16 heavy (non-hydrogen) atoms. The van der Waals surface area contributed by atoms with E-state index in [1.54, 1.807) is 0 Å². The molecule has 0 aliphatic heterocycles. The first-order valence-electron chi connectivity index (χ1n) is 2.89. The number of hydrogen-bond donors (Lipinski definition) is 2. The van der Waals surface area contributed by atoms with Crippen LogP contribution >= 0.6 is 0 Å². The maximum absolute atomic E-state index is 10.1. The van der Waals surface area contributed by atoms with Gasteiger partial charge in [-0.15, -0.1) is 0 Å². The molecular formula is C6H20N2Na4O4. The summed E-state index contributed by atoms with van der Waals surface area (Å²) < 4.78 is 8.95. The van der Waals surface area contributed by atoms with Gasteiger partial charge in [-0.25, -0.2) is 0 Å². The summed E-state index contributed by atoms with van der Waals surface area (Å²) in [5, 5.41) is 0. The summed E-state index contributed by atoms with van der Waals surface area (Å²) >= 11 is 0. The quantitative estimate of drug-likeness (QED) is 0.300. The average Bonchev–Trinajstić information content (AvgIpc) is 1.79. The van der Waals surface area contributed by atoms with Gasteiger partial charge in [-0.3, -0.25) is 9.59 Å². The Bertz CT molecular complexity index is 149. The van der Waals surface area contributed by atoms with Crippen LogP contribution in [-0.4, -0.2) is 25.2 Å². The monoisotopic (exact) mass is 276 g/mol. The second-order valence-corrected chi connectivity index (χ2v) is 1.68. The Morgan fingerprint density at radius 3 is 1.12 bits per heavy atom. The molecule has 0 spiro atoms. The van der Waals surface area contributed by atoms with Gasteiger partial charge >= 0.3 is 130 Å². The van der Waals surface area contributed by atoms with Gasteiger partial charge in [0.25, 0.3) is 0 Å². The minimum absolute atomic E-state index is 0. The van der Waals surface area contributed by atoms with E-state index < -0.39 is 0 Å². The predicted molar refractivity (Wildman–Crippen MR) is 47.8 cm³/mol. The fraction of sp³-hybridized carbons (Fsp3) is 0.667. The molecule has 0 aromatic carbocycles. The molecule has 0 aromatic rings. The molecular weight excluding hydrogens is 256 g/mol. The van der Waals surface area contributed by atoms with E-state index in [1.165, 1.54) is 13.8 Å². The Morgan fingerprint density at radius 1 is 0.812 bits per heavy atom. The van der Waals surface area contributed by atoms with Crippen LogP contribution in [0.5, 0.6) is 0 Å². The van der Waals surface area contributed by atoms with Gasteiger partial charge in [0.1, 0.15) is 13.2 Å². The van der Waals surface area contributed by atoms with Crippen molar-refractivity contribution in [2.24, 2.45) is 0 Å². The standard InChI is InChI=1S/C6H10O4.2H3N.4Na.4H/c1-5(7)9-3-4-10-6(2)8;;;;;;;;;;/h3-4H2,1-2H3;2*1H3;;;;;;;;/q;;;4*+1;4*-1. The number of esters is 2. The normalized spacial score (nSPS) is 5.38. The maximum Gasteiger partial charge on any atom is 1.00 e. The van der Waals surface area contributed by atoms with Crippen molar-refractivity contribution in [3.63, 3.8) is 0 Å². The van der Waals surface area contributed by atoms with Gasteiger partial charge in [0.05, 0.1) is 0 Å². The van der Waals surface area contributed by atoms with Crippen molar-refractivity contribution in [3.05, 3.63) is 0 Å². The number of ether oxygens (including phenoxy) is 2. The largest absolute Gasteiger partial charge is 1.00 e. The van der Waals surface area contributed by atoms with Crippen LogP contribution in [0.1, 0.15) is 19.6 Å². The Morgan fingerprint density at radius 2 is 1.00 bits per heavy atom. The van der Waals surface area contributed by atoms with E-state index in [-0.39, 0.29) is 161 Å². The topological polar surface area (TPSA) is 123 Å². The molecule has 10 heteroatoms. The van der Waals surface area contributed by atoms with Crippen molar-refractivity contribution in [2.45, 2.75) is 13.8 Å². The zero-order valence-electron chi connectivity index (χ0n) is 15.5. The van der Waals surface area contributed by atoms with Crippen molar-refractivity contribution in [1.82, 2.24) is 12.3 Å². The smallest absolute Gasteiger partial charge is 1.00 e. The Kier molecular flexibility index (Phi) is 82.1. The van der Waals surface area contributed by atoms with Gasteiger partial charge < -0.3 is 27.5 Å². The molecule has 0 rings (SSSR count). The van der Waals surface area contributed by atoms with E-state index in [4.69, 9.17) is 0 Å². The van der Waals surface area contributed by atoms with Crippen LogP contribution in [-0.2, 0) is 19.1 Å². The zero-order chi connectivity index (χ0) is 7.98. The average molecular weight is 276 g/mol. The second-order valence-electron chi connectivity index (χ2n) is 1.68. The molecule has 6 N–H and O–H groups in total. The minimum Gasteiger partial charge on any atom is -1.00 e. The fourth-order valence-corrected chi connectivity index (χ4v) is 0.371. The van der Waals surface area contributed by atoms with Gasteiger partial charge in [0, 0.05) is 13.8 Å². The molecule has 0 aromatic heterocycles. The molecule has 0 aliphatic carbocycles. The Hall–Kier alpha value is 2.86. The molecule has 0 unspecified atom stereocenters. The molecule has 0 saturated heterocycles. The number of carbonyl (C=O) groups excluding carboxylic acids is 2. The van der Waals surface area contributed by atoms with Crippen molar-refractivity contribution in [1.29, 1.82) is 0 Å². The molecule has 0 fully saturated rings. The molecule has 0 radical (unpaired) electrons. The minimum atomic E-state index is -0.368. The summed E-state index contributed by atoms with van der Waals surface area (Å²) in [4.78, 5) is 20.3. The first-order chi connectivity index (χ1) is 4.63. The SMILES string of the molecule is CC(=O)OCCOC(C)=O.N.N.[H-].[H-].[H-].[H-].[Na+].[Na+].[Na+].[Na+]. The summed E-state index contributed by atoms with van der Waals surface area (Å²) in [6, 6.07) is 0. The molecule has 6 nitrogen and oxygen atoms in total. The third kappa shape index (κ3) is 43.6. The van der Waals surface area contributed by atoms with Crippen molar-refractivity contribution < 1.29 is 143 Å². The molecule has 0 bridgehead atoms. The van der Waals surface area contributed by atoms with E-state index in [2.05, 4.69) is 9.47 Å². The van der Waals surface area contributed by atoms with E-state index in [9.17, 15) is 9.59 Å². The van der Waals surface area contributed by atoms with E-state index >= 15 is 0 Å². The summed E-state index contributed by atoms with van der Waals surface area (Å²) in [6.45, 7) is 2.87. The van der Waals surface area contributed by atoms with Crippen LogP contribution in [0.25, 0.3) is 0 Å². The van der Waals surface area contributed by atoms with Crippen LogP contribution in [0, 0.1) is 0 Å². The van der Waals surface area contributed by atoms with Crippen LogP contribution < -0.4 is 131 Å². The Labute approximate surface area is 191 Å². The first-order valence-corrected chi connectivity index (χ1v) is 2.89. The van der Waals surface area contributed by atoms with Crippen LogP contribution in [0.3, 0.4) is 0 Å². The molecule has 0 atom stereocenters. The molecule has 0 saturated carbocycles. The van der Waals surface area contributed by atoms with Crippen molar-refractivity contribution >= 4 is 11.9 Å². The maximum atomic E-state index is 10.1. The number of carbonyl (C=O) groups is 2. The summed E-state index contributed by atoms with van der Waals surface area (Å²) in [5.74, 6) is -0.737. The van der Waals surface area contributed by atoms with Gasteiger partial charge in [-0.05, 0) is 0 Å². The third-order valence-corrected chi connectivity index (χ3v) is 0.694. The fourth-order valence-electron chi connectivity index (χ4n) is 0.371. The molecule has 0 amide bonds. The van der Waals surface area contributed by atoms with Crippen LogP contribution in [0.4, 0.5) is 0 Å². The first kappa shape index (κ1) is 42.8. The van der Waals surface area contributed by atoms with Crippen molar-refractivity contribution in [3.8, 4) is 0 Å². The zero-order valence-corrected chi connectivity index (χ0v) is 19.5. The Balaban J connectivity index is -0.00000000900. The van der Waals surface area contributed by atoms with Gasteiger partial charge in [0.2, 0.25) is 0 Å². The summed E-state index contributed by atoms with van der Waals surface area (Å²) in [7, 11) is 0. The van der Waals surface area contributed by atoms with Gasteiger partial charge in [-0.2, -0.15) is 0 Å². The van der Waals surface area contributed by atoms with E-state index in [0.717, 1.165) is 0 Å². The van der Waals surface area contributed by atoms with Gasteiger partial charge in [0.15, 0.2) is 0 Å². The van der Waals surface area contributed by atoms with Crippen molar-refractivity contribution in [2.75, 3.05) is 13.2 Å². The van der Waals surface area contributed by atoms with Gasteiger partial charge in [-0.1, -0.05) is 0 Å². The van der Waals surface area contributed by atoms with E-state index in [1.807, 2.05) is 0 Å². The molecule has 0 aliphatic rings. The van der Waals surface area contributed by atoms with Crippen LogP contribution in [0.15, 0.2) is 0 Å². The molecule has 82 valence electrons.